The lowest BCUT2D eigenvalue weighted by Crippen LogP contribution is -2.10. The molecule has 0 heterocycles. The number of allylic oxidation sites excluding steroid dienone is 1. The van der Waals surface area contributed by atoms with Gasteiger partial charge in [0.2, 0.25) is 0 Å². The summed E-state index contributed by atoms with van der Waals surface area (Å²) in [6.45, 7) is 9.51. The van der Waals surface area contributed by atoms with Crippen LogP contribution in [-0.4, -0.2) is 16.8 Å². The average molecular weight is 212 g/mol. The van der Waals surface area contributed by atoms with Crippen LogP contribution in [0, 0.1) is 5.92 Å². The summed E-state index contributed by atoms with van der Waals surface area (Å²) in [6.07, 6.45) is 3.79. The average Bonchev–Trinajstić information content (AvgIpc) is 2.12. The fourth-order valence-electron chi connectivity index (χ4n) is 1.33. The van der Waals surface area contributed by atoms with Crippen LogP contribution >= 0.6 is 11.8 Å². The van der Waals surface area contributed by atoms with Crippen LogP contribution in [-0.2, 0) is 4.79 Å². The van der Waals surface area contributed by atoms with E-state index in [9.17, 15) is 4.79 Å². The molecule has 0 fully saturated rings. The number of hydrogen-bond acceptors (Lipinski definition) is 2. The Kier molecular flexibility index (Phi) is 7.64. The number of rotatable bonds is 7. The number of hydrogen-bond donors (Lipinski definition) is 0. The van der Waals surface area contributed by atoms with Gasteiger partial charge in [0, 0.05) is 11.2 Å². The van der Waals surface area contributed by atoms with Crippen LogP contribution in [0.1, 0.15) is 33.6 Å². The monoisotopic (exact) mass is 212 g/mol. The summed E-state index contributed by atoms with van der Waals surface area (Å²) in [5.41, 5.74) is 2.70. The Hall–Kier alpha value is -0.460. The molecule has 1 nitrogen and oxygen atoms in total. The second kappa shape index (κ2) is 7.90. The van der Waals surface area contributed by atoms with Gasteiger partial charge in [0.1, 0.15) is 5.78 Å². The zero-order chi connectivity index (χ0) is 11.0. The zero-order valence-electron chi connectivity index (χ0n) is 9.38. The summed E-state index contributed by atoms with van der Waals surface area (Å²) < 4.78 is 0. The molecule has 0 aliphatic heterocycles. The van der Waals surface area contributed by atoms with E-state index in [4.69, 9.17) is 0 Å². The molecule has 0 aromatic rings. The summed E-state index contributed by atoms with van der Waals surface area (Å²) in [6, 6.07) is 0. The van der Waals surface area contributed by atoms with Gasteiger partial charge < -0.3 is 0 Å². The summed E-state index contributed by atoms with van der Waals surface area (Å²) in [7, 11) is 0. The number of ketones is 1. The van der Waals surface area contributed by atoms with Crippen LogP contribution in [0.25, 0.3) is 0 Å². The fourth-order valence-corrected chi connectivity index (χ4v) is 2.20. The number of carbonyl (C=O) groups excluding carboxylic acids is 1. The third kappa shape index (κ3) is 6.06. The first kappa shape index (κ1) is 13.5. The van der Waals surface area contributed by atoms with E-state index in [-0.39, 0.29) is 11.7 Å². The van der Waals surface area contributed by atoms with Crippen LogP contribution in [0.3, 0.4) is 0 Å². The molecule has 0 radical (unpaired) electrons. The lowest BCUT2D eigenvalue weighted by atomic mass is 9.98. The van der Waals surface area contributed by atoms with E-state index in [0.717, 1.165) is 18.6 Å². The fraction of sp³-hybridized carbons (Fsp3) is 0.667. The normalized spacial score (nSPS) is 14.2. The second-order valence-electron chi connectivity index (χ2n) is 3.43. The third-order valence-electron chi connectivity index (χ3n) is 2.18. The first-order valence-corrected chi connectivity index (χ1v) is 6.14. The molecule has 0 aliphatic carbocycles. The van der Waals surface area contributed by atoms with Crippen molar-refractivity contribution in [1.82, 2.24) is 0 Å². The smallest absolute Gasteiger partial charge is 0.137 e. The highest BCUT2D eigenvalue weighted by atomic mass is 32.2. The molecular formula is C12H20OS. The molecule has 2 heteroatoms. The van der Waals surface area contributed by atoms with Gasteiger partial charge in [-0.15, -0.1) is 5.73 Å². The second-order valence-corrected chi connectivity index (χ2v) is 5.15. The van der Waals surface area contributed by atoms with E-state index in [0.29, 0.717) is 5.25 Å². The highest BCUT2D eigenvalue weighted by Gasteiger charge is 2.12. The van der Waals surface area contributed by atoms with Crippen LogP contribution in [0.5, 0.6) is 0 Å². The summed E-state index contributed by atoms with van der Waals surface area (Å²) in [5.74, 6) is 1.38. The minimum absolute atomic E-state index is 0.0207. The van der Waals surface area contributed by atoms with E-state index in [1.807, 2.05) is 11.8 Å². The zero-order valence-corrected chi connectivity index (χ0v) is 10.2. The summed E-state index contributed by atoms with van der Waals surface area (Å²) >= 11 is 1.94. The van der Waals surface area contributed by atoms with Crippen molar-refractivity contribution < 1.29 is 4.79 Å². The van der Waals surface area contributed by atoms with Crippen molar-refractivity contribution in [3.05, 3.63) is 18.4 Å². The highest BCUT2D eigenvalue weighted by Crippen LogP contribution is 2.19. The van der Waals surface area contributed by atoms with Crippen molar-refractivity contribution in [2.75, 3.05) is 5.75 Å². The molecule has 2 atom stereocenters. The molecule has 14 heavy (non-hydrogen) atoms. The van der Waals surface area contributed by atoms with Crippen molar-refractivity contribution >= 4 is 17.5 Å². The molecule has 0 spiro atoms. The van der Waals surface area contributed by atoms with Crippen LogP contribution in [0.15, 0.2) is 18.4 Å². The molecule has 80 valence electrons. The molecule has 0 saturated carbocycles. The topological polar surface area (TPSA) is 17.1 Å². The molecule has 2 unspecified atom stereocenters. The van der Waals surface area contributed by atoms with Crippen molar-refractivity contribution in [2.45, 2.75) is 38.9 Å². The lowest BCUT2D eigenvalue weighted by Gasteiger charge is -2.12. The highest BCUT2D eigenvalue weighted by molar-refractivity contribution is 7.99. The van der Waals surface area contributed by atoms with E-state index < -0.39 is 0 Å². The Labute approximate surface area is 91.7 Å². The molecule has 0 bridgehead atoms. The maximum atomic E-state index is 11.2. The standard InChI is InChI=1S/C12H20OS/c1-5-7-12(11(4)13)9-8-10(3)14-6-2/h7,10,12H,1,6,8-9H2,2-4H3. The van der Waals surface area contributed by atoms with Crippen molar-refractivity contribution in [3.63, 3.8) is 0 Å². The van der Waals surface area contributed by atoms with E-state index >= 15 is 0 Å². The number of thioether (sulfide) groups is 1. The van der Waals surface area contributed by atoms with Crippen LogP contribution in [0.4, 0.5) is 0 Å². The van der Waals surface area contributed by atoms with Crippen molar-refractivity contribution in [3.8, 4) is 0 Å². The molecule has 0 rings (SSSR count). The van der Waals surface area contributed by atoms with Gasteiger partial charge in [0.05, 0.1) is 0 Å². The van der Waals surface area contributed by atoms with Crippen LogP contribution in [0.2, 0.25) is 0 Å². The lowest BCUT2D eigenvalue weighted by molar-refractivity contribution is -0.119. The Balaban J connectivity index is 3.93. The van der Waals surface area contributed by atoms with Gasteiger partial charge in [-0.2, -0.15) is 11.8 Å². The van der Waals surface area contributed by atoms with E-state index in [1.165, 1.54) is 0 Å². The Morgan fingerprint density at radius 1 is 1.57 bits per heavy atom. The Bertz CT molecular complexity index is 214. The SMILES string of the molecule is C=C=CC(CCC(C)SCC)C(C)=O. The summed E-state index contributed by atoms with van der Waals surface area (Å²) in [4.78, 5) is 11.2. The molecule has 0 aromatic carbocycles. The Morgan fingerprint density at radius 2 is 2.21 bits per heavy atom. The number of carbonyl (C=O) groups is 1. The maximum Gasteiger partial charge on any atom is 0.137 e. The predicted octanol–water partition coefficient (Wildman–Crippen LogP) is 3.45. The Morgan fingerprint density at radius 3 is 2.64 bits per heavy atom. The van der Waals surface area contributed by atoms with E-state index in [1.54, 1.807) is 13.0 Å². The van der Waals surface area contributed by atoms with Gasteiger partial charge in [-0.05, 0) is 31.6 Å². The van der Waals surface area contributed by atoms with Gasteiger partial charge in [-0.25, -0.2) is 0 Å². The summed E-state index contributed by atoms with van der Waals surface area (Å²) in [5, 5.41) is 0.639. The van der Waals surface area contributed by atoms with Gasteiger partial charge in [0.25, 0.3) is 0 Å². The third-order valence-corrected chi connectivity index (χ3v) is 3.31. The molecular weight excluding hydrogens is 192 g/mol. The first-order valence-electron chi connectivity index (χ1n) is 5.09. The molecule has 0 aromatic heterocycles. The predicted molar refractivity (Wildman–Crippen MR) is 64.7 cm³/mol. The minimum atomic E-state index is 0.0207. The maximum absolute atomic E-state index is 11.2. The quantitative estimate of drug-likeness (QED) is 0.601. The van der Waals surface area contributed by atoms with Crippen LogP contribution < -0.4 is 0 Å². The minimum Gasteiger partial charge on any atom is -0.299 e. The van der Waals surface area contributed by atoms with Gasteiger partial charge in [-0.1, -0.05) is 20.4 Å². The largest absolute Gasteiger partial charge is 0.299 e. The van der Waals surface area contributed by atoms with Gasteiger partial charge >= 0.3 is 0 Å². The van der Waals surface area contributed by atoms with Crippen molar-refractivity contribution in [2.24, 2.45) is 5.92 Å². The van der Waals surface area contributed by atoms with Gasteiger partial charge in [-0.3, -0.25) is 4.79 Å². The molecule has 0 amide bonds. The van der Waals surface area contributed by atoms with Gasteiger partial charge in [0.15, 0.2) is 0 Å². The number of Topliss-reactive ketones (excluding diaryl/α,β-unsaturated/α-hetero) is 1. The van der Waals surface area contributed by atoms with E-state index in [2.05, 4.69) is 26.2 Å². The molecule has 0 saturated heterocycles. The molecule has 0 N–H and O–H groups in total. The first-order chi connectivity index (χ1) is 6.61. The van der Waals surface area contributed by atoms with Crippen molar-refractivity contribution in [1.29, 1.82) is 0 Å². The molecule has 0 aliphatic rings.